The van der Waals surface area contributed by atoms with Gasteiger partial charge in [-0.15, -0.1) is 0 Å². The molecule has 0 unspecified atom stereocenters. The lowest BCUT2D eigenvalue weighted by molar-refractivity contribution is -0.384. The Morgan fingerprint density at radius 2 is 2.15 bits per heavy atom. The van der Waals surface area contributed by atoms with Crippen molar-refractivity contribution in [1.29, 1.82) is 0 Å². The van der Waals surface area contributed by atoms with Crippen LogP contribution in [0.3, 0.4) is 0 Å². The van der Waals surface area contributed by atoms with Crippen LogP contribution >= 0.6 is 11.6 Å². The third kappa shape index (κ3) is 2.83. The maximum Gasteiger partial charge on any atom is 0.335 e. The number of hydrogen-bond acceptors (Lipinski definition) is 5. The molecule has 1 heterocycles. The zero-order chi connectivity index (χ0) is 14.7. The molecule has 2 N–H and O–H groups in total. The standard InChI is InChI=1S/C12H8ClN3O4/c13-8-6-7(12(17)18)3-4-9(8)15-11-10(16(19)20)2-1-5-14-11/h1-6H,(H,14,15)(H,17,18). The Kier molecular flexibility index (Phi) is 3.81. The average Bonchev–Trinajstić information content (AvgIpc) is 2.41. The Bertz CT molecular complexity index is 690. The minimum absolute atomic E-state index is 0.0241. The van der Waals surface area contributed by atoms with Crippen LogP contribution in [0, 0.1) is 10.1 Å². The summed E-state index contributed by atoms with van der Waals surface area (Å²) in [5.41, 5.74) is 0.153. The van der Waals surface area contributed by atoms with E-state index in [1.807, 2.05) is 0 Å². The predicted octanol–water partition coefficient (Wildman–Crippen LogP) is 3.09. The van der Waals surface area contributed by atoms with Crippen LogP contribution in [-0.2, 0) is 0 Å². The molecule has 1 aromatic heterocycles. The molecular formula is C12H8ClN3O4. The van der Waals surface area contributed by atoms with Gasteiger partial charge >= 0.3 is 11.7 Å². The zero-order valence-electron chi connectivity index (χ0n) is 9.91. The molecule has 0 atom stereocenters. The molecule has 20 heavy (non-hydrogen) atoms. The molecule has 1 aromatic carbocycles. The van der Waals surface area contributed by atoms with Crippen molar-refractivity contribution in [3.8, 4) is 0 Å². The minimum Gasteiger partial charge on any atom is -0.478 e. The van der Waals surface area contributed by atoms with Crippen LogP contribution in [0.4, 0.5) is 17.2 Å². The summed E-state index contributed by atoms with van der Waals surface area (Å²) in [6.07, 6.45) is 1.40. The molecule has 8 heteroatoms. The van der Waals surface area contributed by atoms with Gasteiger partial charge in [0.1, 0.15) is 0 Å². The van der Waals surface area contributed by atoms with E-state index in [0.29, 0.717) is 5.69 Å². The molecule has 0 spiro atoms. The maximum atomic E-state index is 10.9. The fraction of sp³-hybridized carbons (Fsp3) is 0. The second-order valence-corrected chi connectivity index (χ2v) is 4.16. The minimum atomic E-state index is -1.11. The van der Waals surface area contributed by atoms with Gasteiger partial charge in [0.2, 0.25) is 5.82 Å². The zero-order valence-corrected chi connectivity index (χ0v) is 10.7. The highest BCUT2D eigenvalue weighted by molar-refractivity contribution is 6.33. The van der Waals surface area contributed by atoms with Crippen LogP contribution in [0.2, 0.25) is 5.02 Å². The molecular weight excluding hydrogens is 286 g/mol. The lowest BCUT2D eigenvalue weighted by atomic mass is 10.2. The van der Waals surface area contributed by atoms with Crippen LogP contribution < -0.4 is 5.32 Å². The monoisotopic (exact) mass is 293 g/mol. The first kappa shape index (κ1) is 13.8. The molecule has 0 saturated carbocycles. The number of nitrogens with zero attached hydrogens (tertiary/aromatic N) is 2. The smallest absolute Gasteiger partial charge is 0.335 e. The number of hydrogen-bond donors (Lipinski definition) is 2. The van der Waals surface area contributed by atoms with Gasteiger partial charge < -0.3 is 10.4 Å². The molecule has 0 bridgehead atoms. The quantitative estimate of drug-likeness (QED) is 0.663. The number of carboxylic acid groups (broad SMARTS) is 1. The Hall–Kier alpha value is -2.67. The van der Waals surface area contributed by atoms with E-state index in [4.69, 9.17) is 16.7 Å². The largest absolute Gasteiger partial charge is 0.478 e. The van der Waals surface area contributed by atoms with Crippen molar-refractivity contribution in [3.63, 3.8) is 0 Å². The maximum absolute atomic E-state index is 10.9. The SMILES string of the molecule is O=C(O)c1ccc(Nc2ncccc2[N+](=O)[O-])c(Cl)c1. The molecule has 2 rings (SSSR count). The molecule has 0 aliphatic carbocycles. The highest BCUT2D eigenvalue weighted by atomic mass is 35.5. The van der Waals surface area contributed by atoms with E-state index in [2.05, 4.69) is 10.3 Å². The van der Waals surface area contributed by atoms with Gasteiger partial charge in [-0.25, -0.2) is 9.78 Å². The number of nitrogens with one attached hydrogen (secondary N) is 1. The summed E-state index contributed by atoms with van der Waals surface area (Å²) in [5, 5.41) is 22.5. The van der Waals surface area contributed by atoms with Crippen molar-refractivity contribution in [2.45, 2.75) is 0 Å². The van der Waals surface area contributed by atoms with Crippen LogP contribution in [-0.4, -0.2) is 21.0 Å². The third-order valence-electron chi connectivity index (χ3n) is 2.45. The van der Waals surface area contributed by atoms with Crippen LogP contribution in [0.1, 0.15) is 10.4 Å². The molecule has 2 aromatic rings. The second-order valence-electron chi connectivity index (χ2n) is 3.75. The Morgan fingerprint density at radius 3 is 2.75 bits per heavy atom. The number of halogens is 1. The van der Waals surface area contributed by atoms with E-state index in [1.165, 1.54) is 36.5 Å². The van der Waals surface area contributed by atoms with Gasteiger partial charge in [0.15, 0.2) is 0 Å². The van der Waals surface area contributed by atoms with Crippen LogP contribution in [0.25, 0.3) is 0 Å². The summed E-state index contributed by atoms with van der Waals surface area (Å²) in [5.74, 6) is -1.08. The number of nitro groups is 1. The molecule has 102 valence electrons. The first-order valence-electron chi connectivity index (χ1n) is 5.38. The Morgan fingerprint density at radius 1 is 1.40 bits per heavy atom. The van der Waals surface area contributed by atoms with E-state index < -0.39 is 10.9 Å². The number of pyridine rings is 1. The van der Waals surface area contributed by atoms with E-state index in [9.17, 15) is 14.9 Å². The lowest BCUT2D eigenvalue weighted by Crippen LogP contribution is -2.01. The van der Waals surface area contributed by atoms with Crippen LogP contribution in [0.15, 0.2) is 36.5 Å². The van der Waals surface area contributed by atoms with Gasteiger partial charge in [-0.05, 0) is 24.3 Å². The van der Waals surface area contributed by atoms with Crippen molar-refractivity contribution in [2.75, 3.05) is 5.32 Å². The fourth-order valence-corrected chi connectivity index (χ4v) is 1.75. The number of rotatable bonds is 4. The van der Waals surface area contributed by atoms with Gasteiger partial charge in [0.05, 0.1) is 21.2 Å². The van der Waals surface area contributed by atoms with Crippen molar-refractivity contribution >= 4 is 34.8 Å². The number of aromatic carboxylic acids is 1. The number of benzene rings is 1. The van der Waals surface area contributed by atoms with Crippen molar-refractivity contribution < 1.29 is 14.8 Å². The summed E-state index contributed by atoms with van der Waals surface area (Å²) >= 11 is 5.93. The average molecular weight is 294 g/mol. The topological polar surface area (TPSA) is 105 Å². The summed E-state index contributed by atoms with van der Waals surface area (Å²) in [7, 11) is 0. The van der Waals surface area contributed by atoms with Gasteiger partial charge in [0, 0.05) is 12.3 Å². The lowest BCUT2D eigenvalue weighted by Gasteiger charge is -2.08. The van der Waals surface area contributed by atoms with E-state index in [0.717, 1.165) is 0 Å². The third-order valence-corrected chi connectivity index (χ3v) is 2.76. The molecule has 0 aliphatic heterocycles. The van der Waals surface area contributed by atoms with Gasteiger partial charge in [0.25, 0.3) is 0 Å². The summed E-state index contributed by atoms with van der Waals surface area (Å²) < 4.78 is 0. The highest BCUT2D eigenvalue weighted by Gasteiger charge is 2.15. The highest BCUT2D eigenvalue weighted by Crippen LogP contribution is 2.29. The Labute approximate surface area is 118 Å². The van der Waals surface area contributed by atoms with E-state index in [1.54, 1.807) is 0 Å². The van der Waals surface area contributed by atoms with Crippen LogP contribution in [0.5, 0.6) is 0 Å². The van der Waals surface area contributed by atoms with Gasteiger partial charge in [-0.3, -0.25) is 10.1 Å². The number of aromatic nitrogens is 1. The van der Waals surface area contributed by atoms with Crippen molar-refractivity contribution in [3.05, 3.63) is 57.2 Å². The second kappa shape index (κ2) is 5.54. The summed E-state index contributed by atoms with van der Waals surface area (Å²) in [6, 6.07) is 6.75. The molecule has 0 amide bonds. The summed E-state index contributed by atoms with van der Waals surface area (Å²) in [4.78, 5) is 24.9. The molecule has 0 aliphatic rings. The first-order valence-corrected chi connectivity index (χ1v) is 5.76. The predicted molar refractivity (Wildman–Crippen MR) is 72.6 cm³/mol. The molecule has 0 radical (unpaired) electrons. The van der Waals surface area contributed by atoms with E-state index in [-0.39, 0.29) is 22.1 Å². The number of anilines is 2. The van der Waals surface area contributed by atoms with E-state index >= 15 is 0 Å². The molecule has 7 nitrogen and oxygen atoms in total. The normalized spacial score (nSPS) is 10.1. The van der Waals surface area contributed by atoms with Crippen molar-refractivity contribution in [2.24, 2.45) is 0 Å². The van der Waals surface area contributed by atoms with Gasteiger partial charge in [-0.2, -0.15) is 0 Å². The number of carbonyl (C=O) groups is 1. The van der Waals surface area contributed by atoms with Crippen molar-refractivity contribution in [1.82, 2.24) is 4.98 Å². The fourth-order valence-electron chi connectivity index (χ4n) is 1.52. The molecule has 0 saturated heterocycles. The summed E-state index contributed by atoms with van der Waals surface area (Å²) in [6.45, 7) is 0. The van der Waals surface area contributed by atoms with Gasteiger partial charge in [-0.1, -0.05) is 11.6 Å². The molecule has 0 fully saturated rings. The number of carboxylic acids is 1. The first-order chi connectivity index (χ1) is 9.49. The Balaban J connectivity index is 2.36.